The first-order valence-electron chi connectivity index (χ1n) is 5.68. The Labute approximate surface area is 104 Å². The average Bonchev–Trinajstić information content (AvgIpc) is 2.93. The number of amides is 1. The van der Waals surface area contributed by atoms with Gasteiger partial charge >= 0.3 is 5.97 Å². The van der Waals surface area contributed by atoms with E-state index in [1.807, 2.05) is 16.8 Å². The van der Waals surface area contributed by atoms with Gasteiger partial charge in [0.1, 0.15) is 6.04 Å². The topological polar surface area (TPSA) is 66.4 Å². The summed E-state index contributed by atoms with van der Waals surface area (Å²) >= 11 is 1.53. The maximum atomic E-state index is 11.7. The van der Waals surface area contributed by atoms with Gasteiger partial charge in [-0.25, -0.2) is 4.79 Å². The smallest absolute Gasteiger partial charge is 0.326 e. The van der Waals surface area contributed by atoms with Crippen LogP contribution in [0.1, 0.15) is 24.8 Å². The minimum atomic E-state index is -0.935. The maximum absolute atomic E-state index is 11.7. The highest BCUT2D eigenvalue weighted by molar-refractivity contribution is 7.07. The molecule has 1 aromatic heterocycles. The Bertz CT molecular complexity index is 398. The van der Waals surface area contributed by atoms with Gasteiger partial charge < -0.3 is 10.4 Å². The Kier molecular flexibility index (Phi) is 3.78. The predicted molar refractivity (Wildman–Crippen MR) is 64.9 cm³/mol. The number of hydrogen-bond donors (Lipinski definition) is 2. The van der Waals surface area contributed by atoms with Crippen molar-refractivity contribution in [3.05, 3.63) is 22.4 Å². The van der Waals surface area contributed by atoms with E-state index in [-0.39, 0.29) is 12.3 Å². The van der Waals surface area contributed by atoms with Crippen LogP contribution in [-0.2, 0) is 16.0 Å². The van der Waals surface area contributed by atoms with Crippen LogP contribution in [-0.4, -0.2) is 23.0 Å². The van der Waals surface area contributed by atoms with Crippen LogP contribution >= 0.6 is 11.3 Å². The second-order valence-corrected chi connectivity index (χ2v) is 5.23. The van der Waals surface area contributed by atoms with Crippen molar-refractivity contribution in [1.82, 2.24) is 5.32 Å². The van der Waals surface area contributed by atoms with E-state index in [0.29, 0.717) is 12.3 Å². The molecule has 0 aromatic carbocycles. The molecule has 2 N–H and O–H groups in total. The first kappa shape index (κ1) is 12.1. The predicted octanol–water partition coefficient (Wildman–Crippen LogP) is 1.66. The third kappa shape index (κ3) is 3.85. The summed E-state index contributed by atoms with van der Waals surface area (Å²) in [4.78, 5) is 22.6. The summed E-state index contributed by atoms with van der Waals surface area (Å²) in [5.41, 5.74) is 0.933. The number of rotatable bonds is 6. The molecule has 0 bridgehead atoms. The molecule has 1 aliphatic carbocycles. The van der Waals surface area contributed by atoms with Gasteiger partial charge in [0, 0.05) is 0 Å². The molecule has 0 aliphatic heterocycles. The summed E-state index contributed by atoms with van der Waals surface area (Å²) in [6.45, 7) is 0. The zero-order valence-corrected chi connectivity index (χ0v) is 10.2. The zero-order valence-electron chi connectivity index (χ0n) is 9.39. The standard InChI is InChI=1S/C12H15NO3S/c14-11(6-9-3-4-17-7-9)13-10(12(15)16)5-8-1-2-8/h3-4,7-8,10H,1-2,5-6H2,(H,13,14)(H,15,16)/t10-/m0/s1. The number of carbonyl (C=O) groups excluding carboxylic acids is 1. The maximum Gasteiger partial charge on any atom is 0.326 e. The van der Waals surface area contributed by atoms with Crippen LogP contribution in [0.25, 0.3) is 0 Å². The summed E-state index contributed by atoms with van der Waals surface area (Å²) in [6.07, 6.45) is 3.00. The molecular formula is C12H15NO3S. The minimum absolute atomic E-state index is 0.212. The molecule has 17 heavy (non-hydrogen) atoms. The molecule has 1 saturated carbocycles. The SMILES string of the molecule is O=C(Cc1ccsc1)N[C@@H](CC1CC1)C(=O)O. The van der Waals surface area contributed by atoms with Crippen molar-refractivity contribution >= 4 is 23.2 Å². The molecule has 0 unspecified atom stereocenters. The van der Waals surface area contributed by atoms with Crippen LogP contribution in [0.3, 0.4) is 0 Å². The number of hydrogen-bond acceptors (Lipinski definition) is 3. The molecule has 1 aromatic rings. The monoisotopic (exact) mass is 253 g/mol. The average molecular weight is 253 g/mol. The molecule has 5 heteroatoms. The molecule has 0 radical (unpaired) electrons. The van der Waals surface area contributed by atoms with Crippen molar-refractivity contribution in [2.75, 3.05) is 0 Å². The molecule has 1 amide bonds. The van der Waals surface area contributed by atoms with Gasteiger partial charge in [0.25, 0.3) is 0 Å². The lowest BCUT2D eigenvalue weighted by Gasteiger charge is -2.13. The third-order valence-corrected chi connectivity index (χ3v) is 3.58. The highest BCUT2D eigenvalue weighted by Gasteiger charge is 2.30. The third-order valence-electron chi connectivity index (χ3n) is 2.84. The van der Waals surface area contributed by atoms with Crippen LogP contribution in [0.5, 0.6) is 0 Å². The first-order valence-corrected chi connectivity index (χ1v) is 6.62. The van der Waals surface area contributed by atoms with Gasteiger partial charge in [0.05, 0.1) is 6.42 Å². The lowest BCUT2D eigenvalue weighted by molar-refractivity contribution is -0.142. The van der Waals surface area contributed by atoms with E-state index in [4.69, 9.17) is 5.11 Å². The highest BCUT2D eigenvalue weighted by atomic mass is 32.1. The molecule has 92 valence electrons. The Morgan fingerprint density at radius 1 is 1.53 bits per heavy atom. The molecule has 1 heterocycles. The first-order chi connectivity index (χ1) is 8.15. The van der Waals surface area contributed by atoms with Crippen LogP contribution in [0.15, 0.2) is 16.8 Å². The molecule has 4 nitrogen and oxygen atoms in total. The molecule has 2 rings (SSSR count). The van der Waals surface area contributed by atoms with E-state index in [1.54, 1.807) is 0 Å². The molecule has 0 spiro atoms. The van der Waals surface area contributed by atoms with Gasteiger partial charge in [-0.05, 0) is 34.7 Å². The van der Waals surface area contributed by atoms with Crippen molar-refractivity contribution < 1.29 is 14.7 Å². The number of carboxylic acid groups (broad SMARTS) is 1. The normalized spacial score (nSPS) is 16.5. The Hall–Kier alpha value is -1.36. The van der Waals surface area contributed by atoms with E-state index < -0.39 is 12.0 Å². The fraction of sp³-hybridized carbons (Fsp3) is 0.500. The zero-order chi connectivity index (χ0) is 12.3. The second-order valence-electron chi connectivity index (χ2n) is 4.45. The lowest BCUT2D eigenvalue weighted by Crippen LogP contribution is -2.41. The van der Waals surface area contributed by atoms with E-state index in [2.05, 4.69) is 5.32 Å². The summed E-state index contributed by atoms with van der Waals surface area (Å²) in [5.74, 6) is -0.662. The van der Waals surface area contributed by atoms with Crippen LogP contribution < -0.4 is 5.32 Å². The molecule has 1 aliphatic rings. The second kappa shape index (κ2) is 5.31. The lowest BCUT2D eigenvalue weighted by atomic mass is 10.1. The summed E-state index contributed by atoms with van der Waals surface area (Å²) in [6, 6.07) is 1.15. The van der Waals surface area contributed by atoms with Gasteiger partial charge in [-0.15, -0.1) is 0 Å². The number of aliphatic carboxylic acids is 1. The van der Waals surface area contributed by atoms with Gasteiger partial charge in [-0.1, -0.05) is 12.8 Å². The summed E-state index contributed by atoms with van der Waals surface area (Å²) < 4.78 is 0. The Balaban J connectivity index is 1.83. The van der Waals surface area contributed by atoms with E-state index in [1.165, 1.54) is 11.3 Å². The van der Waals surface area contributed by atoms with E-state index in [0.717, 1.165) is 18.4 Å². The number of carboxylic acids is 1. The van der Waals surface area contributed by atoms with Gasteiger partial charge in [0.15, 0.2) is 0 Å². The van der Waals surface area contributed by atoms with Crippen molar-refractivity contribution in [2.45, 2.75) is 31.7 Å². The quantitative estimate of drug-likeness (QED) is 0.810. The number of thiophene rings is 1. The minimum Gasteiger partial charge on any atom is -0.480 e. The van der Waals surface area contributed by atoms with Gasteiger partial charge in [-0.3, -0.25) is 4.79 Å². The van der Waals surface area contributed by atoms with Gasteiger partial charge in [-0.2, -0.15) is 11.3 Å². The molecule has 1 fully saturated rings. The van der Waals surface area contributed by atoms with Crippen molar-refractivity contribution in [1.29, 1.82) is 0 Å². The Morgan fingerprint density at radius 3 is 2.82 bits per heavy atom. The highest BCUT2D eigenvalue weighted by Crippen LogP contribution is 2.33. The van der Waals surface area contributed by atoms with Crippen molar-refractivity contribution in [2.24, 2.45) is 5.92 Å². The Morgan fingerprint density at radius 2 is 2.29 bits per heavy atom. The van der Waals surface area contributed by atoms with Crippen LogP contribution in [0.2, 0.25) is 0 Å². The van der Waals surface area contributed by atoms with Crippen LogP contribution in [0, 0.1) is 5.92 Å². The van der Waals surface area contributed by atoms with Crippen molar-refractivity contribution in [3.8, 4) is 0 Å². The molecule has 1 atom stereocenters. The van der Waals surface area contributed by atoms with Crippen molar-refractivity contribution in [3.63, 3.8) is 0 Å². The van der Waals surface area contributed by atoms with Gasteiger partial charge in [0.2, 0.25) is 5.91 Å². The summed E-state index contributed by atoms with van der Waals surface area (Å²) in [5, 5.41) is 15.4. The fourth-order valence-electron chi connectivity index (χ4n) is 1.73. The fourth-order valence-corrected chi connectivity index (χ4v) is 2.40. The summed E-state index contributed by atoms with van der Waals surface area (Å²) in [7, 11) is 0. The largest absolute Gasteiger partial charge is 0.480 e. The number of carbonyl (C=O) groups is 2. The molecular weight excluding hydrogens is 238 g/mol. The van der Waals surface area contributed by atoms with E-state index >= 15 is 0 Å². The number of nitrogens with one attached hydrogen (secondary N) is 1. The molecule has 0 saturated heterocycles. The van der Waals surface area contributed by atoms with Crippen LogP contribution in [0.4, 0.5) is 0 Å². The van der Waals surface area contributed by atoms with E-state index in [9.17, 15) is 9.59 Å².